The van der Waals surface area contributed by atoms with Gasteiger partial charge in [-0.05, 0) is 50.2 Å². The number of hydrogen-bond acceptors (Lipinski definition) is 9. The van der Waals surface area contributed by atoms with Gasteiger partial charge in [-0.2, -0.15) is 0 Å². The average molecular weight is 543 g/mol. The minimum absolute atomic E-state index is 0.106. The fraction of sp³-hybridized carbons (Fsp3) is 0.241. The standard InChI is InChI=1S/C29H30N6O5/c1-29(2,33-17-20(36)18-38-24-9-4-3-7-21(24)23-11-14-39-34-23)15-19-16-32-27-25(10-6-13-35(19)27)40-28-22(26(30)37)8-5-12-31-28/h3-14,16,20,33,36H,15,17-18H2,1-2H3,(H2,30,37)/t20-/m0/s1. The number of carbonyl (C=O) groups excluding carboxylic acids is 1. The number of fused-ring (bicyclic) bond motifs is 1. The topological polar surface area (TPSA) is 150 Å². The normalized spacial score (nSPS) is 12.4. The quantitative estimate of drug-likeness (QED) is 0.215. The highest BCUT2D eigenvalue weighted by molar-refractivity contribution is 5.95. The highest BCUT2D eigenvalue weighted by Gasteiger charge is 2.23. The maximum absolute atomic E-state index is 11.8. The number of para-hydroxylation sites is 1. The van der Waals surface area contributed by atoms with Crippen molar-refractivity contribution in [3.05, 3.63) is 90.7 Å². The zero-order valence-electron chi connectivity index (χ0n) is 22.2. The van der Waals surface area contributed by atoms with Crippen LogP contribution in [0.4, 0.5) is 0 Å². The number of pyridine rings is 2. The molecule has 0 radical (unpaired) electrons. The van der Waals surface area contributed by atoms with Gasteiger partial charge >= 0.3 is 0 Å². The lowest BCUT2D eigenvalue weighted by molar-refractivity contribution is 0.0990. The van der Waals surface area contributed by atoms with Gasteiger partial charge in [-0.1, -0.05) is 17.3 Å². The van der Waals surface area contributed by atoms with Gasteiger partial charge in [0.25, 0.3) is 5.91 Å². The van der Waals surface area contributed by atoms with E-state index in [1.165, 1.54) is 12.5 Å². The summed E-state index contributed by atoms with van der Waals surface area (Å²) in [5.74, 6) is 0.555. The molecule has 5 rings (SSSR count). The van der Waals surface area contributed by atoms with Crippen LogP contribution in [0.25, 0.3) is 16.9 Å². The average Bonchev–Trinajstić information content (AvgIpc) is 3.62. The Balaban J connectivity index is 1.21. The molecule has 0 aliphatic rings. The molecule has 4 heterocycles. The summed E-state index contributed by atoms with van der Waals surface area (Å²) in [5, 5.41) is 18.0. The Labute approximate surface area is 230 Å². The number of aliphatic hydroxyl groups is 1. The maximum atomic E-state index is 11.8. The Morgan fingerprint density at radius 1 is 1.12 bits per heavy atom. The van der Waals surface area contributed by atoms with Crippen LogP contribution in [0.5, 0.6) is 17.4 Å². The van der Waals surface area contributed by atoms with Crippen LogP contribution >= 0.6 is 0 Å². The van der Waals surface area contributed by atoms with Crippen LogP contribution in [0.1, 0.15) is 29.9 Å². The lowest BCUT2D eigenvalue weighted by Crippen LogP contribution is -2.46. The number of benzene rings is 1. The number of β-amino-alcohol motifs (C(OH)–C–C–N with tert-alkyl or cyclic N) is 1. The molecule has 0 spiro atoms. The van der Waals surface area contributed by atoms with Gasteiger partial charge in [-0.15, -0.1) is 0 Å². The number of nitrogens with two attached hydrogens (primary N) is 1. The number of ether oxygens (including phenoxy) is 2. The van der Waals surface area contributed by atoms with Gasteiger partial charge in [-0.3, -0.25) is 4.79 Å². The van der Waals surface area contributed by atoms with E-state index in [2.05, 4.69) is 20.4 Å². The number of primary amides is 1. The van der Waals surface area contributed by atoms with Crippen LogP contribution in [0.3, 0.4) is 0 Å². The monoisotopic (exact) mass is 542 g/mol. The van der Waals surface area contributed by atoms with Crippen molar-refractivity contribution in [1.82, 2.24) is 24.8 Å². The SMILES string of the molecule is CC(C)(Cc1cnc2c(Oc3ncccc3C(N)=O)cccn12)NC[C@H](O)COc1ccccc1-c1ccon1. The highest BCUT2D eigenvalue weighted by atomic mass is 16.5. The van der Waals surface area contributed by atoms with Crippen molar-refractivity contribution in [2.45, 2.75) is 31.9 Å². The molecule has 0 fully saturated rings. The molecule has 1 amide bonds. The highest BCUT2D eigenvalue weighted by Crippen LogP contribution is 2.29. The van der Waals surface area contributed by atoms with E-state index in [4.69, 9.17) is 19.7 Å². The zero-order valence-corrected chi connectivity index (χ0v) is 22.2. The molecule has 0 bridgehead atoms. The Morgan fingerprint density at radius 2 is 1.95 bits per heavy atom. The minimum atomic E-state index is -0.746. The number of imidazole rings is 1. The molecule has 1 aromatic carbocycles. The number of nitrogens with one attached hydrogen (secondary N) is 1. The van der Waals surface area contributed by atoms with E-state index in [1.54, 1.807) is 30.5 Å². The van der Waals surface area contributed by atoms with Gasteiger partial charge in [0.2, 0.25) is 5.88 Å². The molecule has 0 saturated heterocycles. The molecule has 11 nitrogen and oxygen atoms in total. The minimum Gasteiger partial charge on any atom is -0.490 e. The molecule has 0 saturated carbocycles. The Kier molecular flexibility index (Phi) is 7.76. The van der Waals surface area contributed by atoms with Crippen molar-refractivity contribution in [3.8, 4) is 28.6 Å². The molecule has 0 aliphatic carbocycles. The Hall–Kier alpha value is -4.74. The van der Waals surface area contributed by atoms with Crippen LogP contribution in [-0.2, 0) is 6.42 Å². The van der Waals surface area contributed by atoms with Crippen molar-refractivity contribution in [2.75, 3.05) is 13.2 Å². The van der Waals surface area contributed by atoms with Gasteiger partial charge in [0.05, 0.1) is 0 Å². The van der Waals surface area contributed by atoms with Crippen LogP contribution < -0.4 is 20.5 Å². The summed E-state index contributed by atoms with van der Waals surface area (Å²) in [6, 6.07) is 16.0. The molecular weight excluding hydrogens is 512 g/mol. The first-order chi connectivity index (χ1) is 19.3. The van der Waals surface area contributed by atoms with E-state index in [9.17, 15) is 9.90 Å². The second-order valence-electron chi connectivity index (χ2n) is 9.93. The second kappa shape index (κ2) is 11.6. The number of amides is 1. The number of nitrogens with zero attached hydrogens (tertiary/aromatic N) is 4. The third kappa shape index (κ3) is 6.11. The number of rotatable bonds is 12. The summed E-state index contributed by atoms with van der Waals surface area (Å²) in [7, 11) is 0. The molecule has 5 aromatic rings. The zero-order chi connectivity index (χ0) is 28.1. The largest absolute Gasteiger partial charge is 0.490 e. The number of aliphatic hydroxyl groups excluding tert-OH is 1. The van der Waals surface area contributed by atoms with Crippen molar-refractivity contribution in [3.63, 3.8) is 0 Å². The second-order valence-corrected chi connectivity index (χ2v) is 9.93. The molecule has 206 valence electrons. The van der Waals surface area contributed by atoms with Crippen molar-refractivity contribution in [1.29, 1.82) is 0 Å². The van der Waals surface area contributed by atoms with Crippen LogP contribution in [0.2, 0.25) is 0 Å². The summed E-state index contributed by atoms with van der Waals surface area (Å²) in [6.45, 7) is 4.52. The number of hydrogen-bond donors (Lipinski definition) is 3. The fourth-order valence-corrected chi connectivity index (χ4v) is 4.32. The predicted molar refractivity (Wildman–Crippen MR) is 147 cm³/mol. The summed E-state index contributed by atoms with van der Waals surface area (Å²) in [4.78, 5) is 20.5. The van der Waals surface area contributed by atoms with Crippen molar-refractivity contribution in [2.24, 2.45) is 5.73 Å². The van der Waals surface area contributed by atoms with Crippen LogP contribution in [-0.4, -0.2) is 55.3 Å². The van der Waals surface area contributed by atoms with E-state index in [0.717, 1.165) is 11.3 Å². The van der Waals surface area contributed by atoms with Crippen molar-refractivity contribution >= 4 is 11.6 Å². The van der Waals surface area contributed by atoms with Crippen LogP contribution in [0.15, 0.2) is 84.0 Å². The molecule has 0 unspecified atom stereocenters. The summed E-state index contributed by atoms with van der Waals surface area (Å²) < 4.78 is 18.7. The molecule has 0 aliphatic heterocycles. The maximum Gasteiger partial charge on any atom is 0.254 e. The van der Waals surface area contributed by atoms with Gasteiger partial charge in [-0.25, -0.2) is 9.97 Å². The Morgan fingerprint density at radius 3 is 2.75 bits per heavy atom. The smallest absolute Gasteiger partial charge is 0.254 e. The fourth-order valence-electron chi connectivity index (χ4n) is 4.32. The third-order valence-electron chi connectivity index (χ3n) is 6.29. The first-order valence-electron chi connectivity index (χ1n) is 12.7. The molecule has 1 atom stereocenters. The van der Waals surface area contributed by atoms with Gasteiger partial charge in [0, 0.05) is 54.4 Å². The first kappa shape index (κ1) is 26.9. The molecule has 40 heavy (non-hydrogen) atoms. The molecule has 4 aromatic heterocycles. The molecular formula is C29H30N6O5. The lowest BCUT2D eigenvalue weighted by Gasteiger charge is -2.28. The van der Waals surface area contributed by atoms with E-state index in [-0.39, 0.29) is 23.6 Å². The van der Waals surface area contributed by atoms with E-state index in [1.807, 2.05) is 54.8 Å². The van der Waals surface area contributed by atoms with Gasteiger partial charge in [0.15, 0.2) is 11.4 Å². The lowest BCUT2D eigenvalue weighted by atomic mass is 9.98. The van der Waals surface area contributed by atoms with Crippen LogP contribution in [0, 0.1) is 0 Å². The molecule has 11 heteroatoms. The van der Waals surface area contributed by atoms with Gasteiger partial charge < -0.3 is 34.6 Å². The summed E-state index contributed by atoms with van der Waals surface area (Å²) in [5.41, 5.74) is 8.23. The van der Waals surface area contributed by atoms with Crippen molar-refractivity contribution < 1.29 is 23.9 Å². The van der Waals surface area contributed by atoms with E-state index < -0.39 is 12.0 Å². The van der Waals surface area contributed by atoms with Gasteiger partial charge in [0.1, 0.15) is 36.0 Å². The van der Waals surface area contributed by atoms with E-state index in [0.29, 0.717) is 35.8 Å². The first-order valence-corrected chi connectivity index (χ1v) is 12.7. The summed E-state index contributed by atoms with van der Waals surface area (Å²) >= 11 is 0. The van der Waals surface area contributed by atoms with E-state index >= 15 is 0 Å². The molecule has 4 N–H and O–H groups in total. The number of carbonyl (C=O) groups is 1. The Bertz CT molecular complexity index is 1600. The predicted octanol–water partition coefficient (Wildman–Crippen LogP) is 3.63. The number of aromatic nitrogens is 4. The summed E-state index contributed by atoms with van der Waals surface area (Å²) in [6.07, 6.45) is 6.57. The third-order valence-corrected chi connectivity index (χ3v) is 6.29.